The molecule has 0 aromatic carbocycles. The Morgan fingerprint density at radius 3 is 2.80 bits per heavy atom. The smallest absolute Gasteiger partial charge is 0.0221 e. The van der Waals surface area contributed by atoms with E-state index < -0.39 is 0 Å². The van der Waals surface area contributed by atoms with Gasteiger partial charge in [0.05, 0.1) is 0 Å². The van der Waals surface area contributed by atoms with E-state index in [2.05, 4.69) is 36.2 Å². The Bertz CT molecular complexity index is 217. The first-order valence-electron chi connectivity index (χ1n) is 6.43. The summed E-state index contributed by atoms with van der Waals surface area (Å²) in [4.78, 5) is 2.69. The fraction of sp³-hybridized carbons (Fsp3) is 0.846. The van der Waals surface area contributed by atoms with E-state index in [1.54, 1.807) is 0 Å². The Balaban J connectivity index is 1.86. The Morgan fingerprint density at radius 1 is 1.40 bits per heavy atom. The number of hydrogen-bond acceptors (Lipinski definition) is 2. The van der Waals surface area contributed by atoms with Crippen molar-refractivity contribution in [3.8, 4) is 0 Å². The summed E-state index contributed by atoms with van der Waals surface area (Å²) in [5.74, 6) is 0.808. The van der Waals surface area contributed by atoms with Crippen molar-refractivity contribution in [1.29, 1.82) is 0 Å². The second kappa shape index (κ2) is 5.13. The largest absolute Gasteiger partial charge is 0.311 e. The van der Waals surface area contributed by atoms with Gasteiger partial charge in [-0.05, 0) is 18.8 Å². The minimum absolute atomic E-state index is 0.712. The first kappa shape index (κ1) is 11.2. The summed E-state index contributed by atoms with van der Waals surface area (Å²) < 4.78 is 0. The topological polar surface area (TPSA) is 15.3 Å². The number of nitrogens with one attached hydrogen (secondary N) is 1. The minimum Gasteiger partial charge on any atom is -0.311 e. The molecular formula is C13H24N2. The van der Waals surface area contributed by atoms with Crippen LogP contribution in [0.1, 0.15) is 33.1 Å². The third-order valence-corrected chi connectivity index (χ3v) is 4.07. The van der Waals surface area contributed by atoms with Gasteiger partial charge in [-0.1, -0.05) is 32.4 Å². The summed E-state index contributed by atoms with van der Waals surface area (Å²) in [5, 5.41) is 3.66. The van der Waals surface area contributed by atoms with Crippen molar-refractivity contribution in [3.63, 3.8) is 0 Å². The first-order chi connectivity index (χ1) is 7.31. The molecule has 0 saturated carbocycles. The van der Waals surface area contributed by atoms with Crippen molar-refractivity contribution in [1.82, 2.24) is 10.2 Å². The molecule has 2 aliphatic rings. The van der Waals surface area contributed by atoms with Crippen molar-refractivity contribution in [3.05, 3.63) is 12.2 Å². The molecule has 1 fully saturated rings. The monoisotopic (exact) mass is 208 g/mol. The van der Waals surface area contributed by atoms with Gasteiger partial charge in [0.1, 0.15) is 0 Å². The third-order valence-electron chi connectivity index (χ3n) is 4.07. The third kappa shape index (κ3) is 2.61. The van der Waals surface area contributed by atoms with E-state index >= 15 is 0 Å². The van der Waals surface area contributed by atoms with Gasteiger partial charge in [-0.2, -0.15) is 0 Å². The fourth-order valence-electron chi connectivity index (χ4n) is 2.70. The molecule has 0 amide bonds. The van der Waals surface area contributed by atoms with Crippen LogP contribution in [-0.4, -0.2) is 36.6 Å². The van der Waals surface area contributed by atoms with Gasteiger partial charge in [-0.3, -0.25) is 4.90 Å². The van der Waals surface area contributed by atoms with Crippen LogP contribution in [0.3, 0.4) is 0 Å². The van der Waals surface area contributed by atoms with Gasteiger partial charge < -0.3 is 5.32 Å². The molecule has 2 atom stereocenters. The Labute approximate surface area is 93.7 Å². The summed E-state index contributed by atoms with van der Waals surface area (Å²) in [6.45, 7) is 8.32. The lowest BCUT2D eigenvalue weighted by molar-refractivity contribution is 0.127. The average Bonchev–Trinajstić information content (AvgIpc) is 2.82. The Morgan fingerprint density at radius 2 is 2.13 bits per heavy atom. The lowest BCUT2D eigenvalue weighted by Gasteiger charge is -2.39. The molecule has 1 aliphatic carbocycles. The van der Waals surface area contributed by atoms with Crippen molar-refractivity contribution < 1.29 is 0 Å². The zero-order valence-corrected chi connectivity index (χ0v) is 10.1. The molecule has 15 heavy (non-hydrogen) atoms. The highest BCUT2D eigenvalue weighted by molar-refractivity contribution is 5.00. The quantitative estimate of drug-likeness (QED) is 0.714. The molecule has 0 aromatic rings. The van der Waals surface area contributed by atoms with Crippen LogP contribution in [0.2, 0.25) is 0 Å². The van der Waals surface area contributed by atoms with Crippen LogP contribution in [0.25, 0.3) is 0 Å². The maximum atomic E-state index is 3.66. The van der Waals surface area contributed by atoms with Crippen LogP contribution in [0.15, 0.2) is 12.2 Å². The van der Waals surface area contributed by atoms with E-state index in [0.717, 1.165) is 12.0 Å². The molecular weight excluding hydrogens is 184 g/mol. The molecule has 2 nitrogen and oxygen atoms in total. The molecule has 0 radical (unpaired) electrons. The van der Waals surface area contributed by atoms with Gasteiger partial charge in [-0.15, -0.1) is 0 Å². The Hall–Kier alpha value is -0.340. The second-order valence-corrected chi connectivity index (χ2v) is 5.04. The standard InChI is InChI=1S/C13H24N2/c1-3-11(2)13-10-15(9-8-14-13)12-6-4-5-7-12/h4-5,11-14H,3,6-10H2,1-2H3. The normalized spacial score (nSPS) is 30.9. The lowest BCUT2D eigenvalue weighted by atomic mass is 9.96. The van der Waals surface area contributed by atoms with Crippen LogP contribution >= 0.6 is 0 Å². The average molecular weight is 208 g/mol. The molecule has 0 spiro atoms. The van der Waals surface area contributed by atoms with Gasteiger partial charge in [0.25, 0.3) is 0 Å². The fourth-order valence-corrected chi connectivity index (χ4v) is 2.70. The maximum Gasteiger partial charge on any atom is 0.0221 e. The van der Waals surface area contributed by atoms with Gasteiger partial charge in [0.15, 0.2) is 0 Å². The van der Waals surface area contributed by atoms with E-state index in [1.165, 1.54) is 38.9 Å². The highest BCUT2D eigenvalue weighted by atomic mass is 15.2. The summed E-state index contributed by atoms with van der Waals surface area (Å²) >= 11 is 0. The molecule has 0 aromatic heterocycles. The molecule has 86 valence electrons. The number of rotatable bonds is 3. The van der Waals surface area contributed by atoms with Crippen LogP contribution in [0.5, 0.6) is 0 Å². The van der Waals surface area contributed by atoms with E-state index in [-0.39, 0.29) is 0 Å². The van der Waals surface area contributed by atoms with Gasteiger partial charge in [0, 0.05) is 31.7 Å². The van der Waals surface area contributed by atoms with Crippen LogP contribution in [-0.2, 0) is 0 Å². The summed E-state index contributed by atoms with van der Waals surface area (Å²) in [6, 6.07) is 1.52. The van der Waals surface area contributed by atoms with Crippen LogP contribution in [0, 0.1) is 5.92 Å². The predicted octanol–water partition coefficient (Wildman–Crippen LogP) is 2.02. The van der Waals surface area contributed by atoms with Gasteiger partial charge in [0.2, 0.25) is 0 Å². The van der Waals surface area contributed by atoms with E-state index in [1.807, 2.05) is 0 Å². The van der Waals surface area contributed by atoms with E-state index in [0.29, 0.717) is 6.04 Å². The van der Waals surface area contributed by atoms with Crippen molar-refractivity contribution >= 4 is 0 Å². The zero-order valence-electron chi connectivity index (χ0n) is 10.1. The molecule has 2 unspecified atom stereocenters. The summed E-state index contributed by atoms with van der Waals surface area (Å²) in [7, 11) is 0. The highest BCUT2D eigenvalue weighted by Gasteiger charge is 2.27. The number of nitrogens with zero attached hydrogens (tertiary/aromatic N) is 1. The molecule has 1 saturated heterocycles. The Kier molecular flexibility index (Phi) is 3.81. The van der Waals surface area contributed by atoms with Crippen molar-refractivity contribution in [2.75, 3.05) is 19.6 Å². The van der Waals surface area contributed by atoms with Crippen LogP contribution < -0.4 is 5.32 Å². The lowest BCUT2D eigenvalue weighted by Crippen LogP contribution is -2.55. The summed E-state index contributed by atoms with van der Waals surface area (Å²) in [6.07, 6.45) is 8.50. The molecule has 1 heterocycles. The molecule has 2 rings (SSSR count). The summed E-state index contributed by atoms with van der Waals surface area (Å²) in [5.41, 5.74) is 0. The predicted molar refractivity (Wildman–Crippen MR) is 65.0 cm³/mol. The number of piperazine rings is 1. The van der Waals surface area contributed by atoms with Gasteiger partial charge in [-0.25, -0.2) is 0 Å². The maximum absolute atomic E-state index is 3.66. The SMILES string of the molecule is CCC(C)C1CN(C2CC=CC2)CCN1. The first-order valence-corrected chi connectivity index (χ1v) is 6.43. The number of hydrogen-bond donors (Lipinski definition) is 1. The van der Waals surface area contributed by atoms with Crippen molar-refractivity contribution in [2.24, 2.45) is 5.92 Å². The molecule has 1 N–H and O–H groups in total. The second-order valence-electron chi connectivity index (χ2n) is 5.04. The minimum atomic E-state index is 0.712. The van der Waals surface area contributed by atoms with E-state index in [9.17, 15) is 0 Å². The molecule has 2 heteroatoms. The van der Waals surface area contributed by atoms with Crippen LogP contribution in [0.4, 0.5) is 0 Å². The molecule has 0 bridgehead atoms. The van der Waals surface area contributed by atoms with Crippen molar-refractivity contribution in [2.45, 2.75) is 45.2 Å². The van der Waals surface area contributed by atoms with Gasteiger partial charge >= 0.3 is 0 Å². The highest BCUT2D eigenvalue weighted by Crippen LogP contribution is 2.20. The zero-order chi connectivity index (χ0) is 10.7. The van der Waals surface area contributed by atoms with E-state index in [4.69, 9.17) is 0 Å². The molecule has 1 aliphatic heterocycles.